The molecule has 110 valence electrons. The number of hydrogen-bond donors (Lipinski definition) is 1. The number of benzene rings is 1. The zero-order valence-electron chi connectivity index (χ0n) is 12.2. The number of aliphatic carboxylic acids is 1. The second-order valence-electron chi connectivity index (χ2n) is 6.50. The van der Waals surface area contributed by atoms with Gasteiger partial charge in [-0.1, -0.05) is 37.6 Å². The van der Waals surface area contributed by atoms with Gasteiger partial charge in [-0.3, -0.25) is 4.79 Å². The maximum Gasteiger partial charge on any atom is 0.309 e. The van der Waals surface area contributed by atoms with E-state index in [1.807, 2.05) is 24.3 Å². The minimum atomic E-state index is -0.796. The van der Waals surface area contributed by atoms with Crippen LogP contribution in [0.3, 0.4) is 0 Å². The molecule has 2 aromatic rings. The van der Waals surface area contributed by atoms with E-state index in [0.717, 1.165) is 29.8 Å². The highest BCUT2D eigenvalue weighted by molar-refractivity contribution is 6.30. The van der Waals surface area contributed by atoms with Crippen molar-refractivity contribution in [1.82, 2.24) is 4.57 Å². The third kappa shape index (κ3) is 2.70. The average Bonchev–Trinajstić information content (AvgIpc) is 2.84. The summed E-state index contributed by atoms with van der Waals surface area (Å²) in [6.07, 6.45) is 1.03. The highest BCUT2D eigenvalue weighted by Crippen LogP contribution is 2.38. The van der Waals surface area contributed by atoms with E-state index in [1.165, 1.54) is 5.69 Å². The van der Waals surface area contributed by atoms with Gasteiger partial charge < -0.3 is 9.67 Å². The van der Waals surface area contributed by atoms with E-state index < -0.39 is 5.97 Å². The fourth-order valence-electron chi connectivity index (χ4n) is 3.18. The van der Waals surface area contributed by atoms with Crippen LogP contribution in [0.1, 0.15) is 25.2 Å². The lowest BCUT2D eigenvalue weighted by atomic mass is 9.90. The molecule has 0 amide bonds. The van der Waals surface area contributed by atoms with Gasteiger partial charge in [-0.25, -0.2) is 0 Å². The SMILES string of the molecule is CC1(C)Cc2cc(-c3ccc(Cl)cc3)c(CC(=O)O)n2C1. The lowest BCUT2D eigenvalue weighted by molar-refractivity contribution is -0.136. The number of aromatic nitrogens is 1. The molecule has 0 fully saturated rings. The maximum absolute atomic E-state index is 11.2. The second kappa shape index (κ2) is 4.92. The molecule has 21 heavy (non-hydrogen) atoms. The van der Waals surface area contributed by atoms with Crippen molar-refractivity contribution in [3.05, 3.63) is 46.7 Å². The van der Waals surface area contributed by atoms with Gasteiger partial charge in [-0.2, -0.15) is 0 Å². The van der Waals surface area contributed by atoms with Gasteiger partial charge in [-0.05, 0) is 35.6 Å². The molecular formula is C17H18ClNO2. The molecule has 3 nitrogen and oxygen atoms in total. The van der Waals surface area contributed by atoms with Crippen molar-refractivity contribution < 1.29 is 9.90 Å². The predicted octanol–water partition coefficient (Wildman–Crippen LogP) is 4.02. The molecule has 2 heterocycles. The van der Waals surface area contributed by atoms with Gasteiger partial charge in [0.05, 0.1) is 6.42 Å². The molecule has 0 atom stereocenters. The Morgan fingerprint density at radius 3 is 2.62 bits per heavy atom. The Balaban J connectivity index is 2.09. The molecule has 1 aliphatic heterocycles. The van der Waals surface area contributed by atoms with Crippen molar-refractivity contribution in [2.45, 2.75) is 33.2 Å². The molecule has 0 aliphatic carbocycles. The van der Waals surface area contributed by atoms with Crippen molar-refractivity contribution in [3.63, 3.8) is 0 Å². The summed E-state index contributed by atoms with van der Waals surface area (Å²) in [6, 6.07) is 9.71. The molecule has 1 aliphatic rings. The van der Waals surface area contributed by atoms with Crippen LogP contribution in [-0.2, 0) is 24.2 Å². The fourth-order valence-corrected chi connectivity index (χ4v) is 3.30. The third-order valence-electron chi connectivity index (χ3n) is 4.01. The largest absolute Gasteiger partial charge is 0.481 e. The zero-order valence-corrected chi connectivity index (χ0v) is 12.9. The first-order chi connectivity index (χ1) is 9.85. The lowest BCUT2D eigenvalue weighted by Crippen LogP contribution is -2.15. The molecule has 3 rings (SSSR count). The first-order valence-electron chi connectivity index (χ1n) is 7.05. The Morgan fingerprint density at radius 1 is 1.33 bits per heavy atom. The van der Waals surface area contributed by atoms with Crippen LogP contribution in [0.5, 0.6) is 0 Å². The van der Waals surface area contributed by atoms with Gasteiger partial charge in [0.25, 0.3) is 0 Å². The van der Waals surface area contributed by atoms with Crippen molar-refractivity contribution in [3.8, 4) is 11.1 Å². The van der Waals surface area contributed by atoms with E-state index in [2.05, 4.69) is 24.5 Å². The van der Waals surface area contributed by atoms with Gasteiger partial charge in [0.1, 0.15) is 0 Å². The molecule has 4 heteroatoms. The normalized spacial score (nSPS) is 16.0. The highest BCUT2D eigenvalue weighted by atomic mass is 35.5. The minimum absolute atomic E-state index is 0.0496. The van der Waals surface area contributed by atoms with Crippen LogP contribution in [0.15, 0.2) is 30.3 Å². The van der Waals surface area contributed by atoms with Gasteiger partial charge in [-0.15, -0.1) is 0 Å². The van der Waals surface area contributed by atoms with Gasteiger partial charge in [0, 0.05) is 28.5 Å². The molecule has 0 saturated carbocycles. The zero-order chi connectivity index (χ0) is 15.2. The number of rotatable bonds is 3. The van der Waals surface area contributed by atoms with Crippen LogP contribution in [0.4, 0.5) is 0 Å². The highest BCUT2D eigenvalue weighted by Gasteiger charge is 2.32. The smallest absolute Gasteiger partial charge is 0.309 e. The second-order valence-corrected chi connectivity index (χ2v) is 6.94. The lowest BCUT2D eigenvalue weighted by Gasteiger charge is -2.17. The van der Waals surface area contributed by atoms with Crippen molar-refractivity contribution >= 4 is 17.6 Å². The Kier molecular flexibility index (Phi) is 3.33. The Bertz CT molecular complexity index is 698. The molecule has 1 N–H and O–H groups in total. The van der Waals surface area contributed by atoms with Crippen LogP contribution < -0.4 is 0 Å². The monoisotopic (exact) mass is 303 g/mol. The number of hydrogen-bond acceptors (Lipinski definition) is 1. The number of halogens is 1. The number of carbonyl (C=O) groups is 1. The van der Waals surface area contributed by atoms with Gasteiger partial charge >= 0.3 is 5.97 Å². The molecule has 1 aromatic carbocycles. The summed E-state index contributed by atoms with van der Waals surface area (Å²) in [5.41, 5.74) is 4.35. The van der Waals surface area contributed by atoms with Crippen LogP contribution in [0, 0.1) is 5.41 Å². The van der Waals surface area contributed by atoms with E-state index >= 15 is 0 Å². The fraction of sp³-hybridized carbons (Fsp3) is 0.353. The summed E-state index contributed by atoms with van der Waals surface area (Å²) in [4.78, 5) is 11.2. The van der Waals surface area contributed by atoms with Crippen LogP contribution in [0.2, 0.25) is 5.02 Å². The van der Waals surface area contributed by atoms with Crippen molar-refractivity contribution in [2.24, 2.45) is 5.41 Å². The number of carboxylic acid groups (broad SMARTS) is 1. The molecule has 1 aromatic heterocycles. The van der Waals surface area contributed by atoms with Crippen LogP contribution in [0.25, 0.3) is 11.1 Å². The van der Waals surface area contributed by atoms with Crippen molar-refractivity contribution in [1.29, 1.82) is 0 Å². The van der Waals surface area contributed by atoms with Crippen LogP contribution in [-0.4, -0.2) is 15.6 Å². The molecular weight excluding hydrogens is 286 g/mol. The van der Waals surface area contributed by atoms with E-state index in [9.17, 15) is 9.90 Å². The molecule has 0 unspecified atom stereocenters. The topological polar surface area (TPSA) is 42.2 Å². The van der Waals surface area contributed by atoms with E-state index in [1.54, 1.807) is 0 Å². The summed E-state index contributed by atoms with van der Waals surface area (Å²) in [5.74, 6) is -0.796. The van der Waals surface area contributed by atoms with E-state index in [4.69, 9.17) is 11.6 Å². The quantitative estimate of drug-likeness (QED) is 0.930. The predicted molar refractivity (Wildman–Crippen MR) is 83.7 cm³/mol. The summed E-state index contributed by atoms with van der Waals surface area (Å²) in [5, 5.41) is 9.91. The first-order valence-corrected chi connectivity index (χ1v) is 7.42. The standard InChI is InChI=1S/C17H18ClNO2/c1-17(2)9-13-7-14(11-3-5-12(18)6-4-11)15(8-16(20)21)19(13)10-17/h3-7H,8-10H2,1-2H3,(H,20,21). The molecule has 0 spiro atoms. The minimum Gasteiger partial charge on any atom is -0.481 e. The van der Waals surface area contributed by atoms with Gasteiger partial charge in [0.2, 0.25) is 0 Å². The molecule has 0 bridgehead atoms. The van der Waals surface area contributed by atoms with Crippen LogP contribution >= 0.6 is 11.6 Å². The van der Waals surface area contributed by atoms with E-state index in [0.29, 0.717) is 5.02 Å². The number of carboxylic acids is 1. The number of nitrogens with zero attached hydrogens (tertiary/aromatic N) is 1. The van der Waals surface area contributed by atoms with Crippen molar-refractivity contribution in [2.75, 3.05) is 0 Å². The number of fused-ring (bicyclic) bond motifs is 1. The maximum atomic E-state index is 11.2. The Labute approximate surface area is 129 Å². The summed E-state index contributed by atoms with van der Waals surface area (Å²) in [7, 11) is 0. The average molecular weight is 304 g/mol. The molecule has 0 radical (unpaired) electrons. The first kappa shape index (κ1) is 14.2. The Morgan fingerprint density at radius 2 is 2.00 bits per heavy atom. The summed E-state index contributed by atoms with van der Waals surface area (Å²) < 4.78 is 2.18. The van der Waals surface area contributed by atoms with E-state index in [-0.39, 0.29) is 11.8 Å². The third-order valence-corrected chi connectivity index (χ3v) is 4.27. The molecule has 0 saturated heterocycles. The summed E-state index contributed by atoms with van der Waals surface area (Å²) >= 11 is 5.94. The summed E-state index contributed by atoms with van der Waals surface area (Å²) in [6.45, 7) is 5.30. The Hall–Kier alpha value is -1.74. The van der Waals surface area contributed by atoms with Gasteiger partial charge in [0.15, 0.2) is 0 Å².